The Balaban J connectivity index is 2.42. The number of rotatable bonds is 5. The van der Waals surface area contributed by atoms with Crippen molar-refractivity contribution in [3.63, 3.8) is 0 Å². The number of esters is 1. The summed E-state index contributed by atoms with van der Waals surface area (Å²) in [6.07, 6.45) is -0.257. The van der Waals surface area contributed by atoms with Crippen molar-refractivity contribution in [1.29, 1.82) is 0 Å². The molecule has 0 spiro atoms. The third kappa shape index (κ3) is 4.64. The number of hydrogen-bond donors (Lipinski definition) is 1. The summed E-state index contributed by atoms with van der Waals surface area (Å²) in [5.41, 5.74) is 0.946. The highest BCUT2D eigenvalue weighted by Crippen LogP contribution is 2.12. The molecule has 1 unspecified atom stereocenters. The van der Waals surface area contributed by atoms with Crippen LogP contribution in [0.3, 0.4) is 0 Å². The first-order valence-electron chi connectivity index (χ1n) is 5.20. The number of aliphatic hydroxyl groups excluding tert-OH is 1. The van der Waals surface area contributed by atoms with Crippen molar-refractivity contribution >= 4 is 17.6 Å². The molecule has 1 aromatic carbocycles. The average Bonchev–Trinajstić information content (AvgIpc) is 2.21. The van der Waals surface area contributed by atoms with Gasteiger partial charge in [-0.2, -0.15) is 0 Å². The van der Waals surface area contributed by atoms with Crippen LogP contribution in [0.1, 0.15) is 18.9 Å². The number of aliphatic hydroxyl groups is 1. The fourth-order valence-corrected chi connectivity index (χ4v) is 1.50. The van der Waals surface area contributed by atoms with E-state index in [9.17, 15) is 9.90 Å². The molecule has 3 nitrogen and oxygen atoms in total. The second kappa shape index (κ2) is 6.51. The maximum Gasteiger partial charge on any atom is 0.308 e. The molecule has 0 aromatic heterocycles. The number of carbonyl (C=O) groups excluding carboxylic acids is 1. The van der Waals surface area contributed by atoms with Crippen molar-refractivity contribution in [2.75, 3.05) is 6.61 Å². The van der Waals surface area contributed by atoms with Crippen LogP contribution in [-0.4, -0.2) is 23.8 Å². The molecule has 88 valence electrons. The summed E-state index contributed by atoms with van der Waals surface area (Å²) in [7, 11) is 0. The summed E-state index contributed by atoms with van der Waals surface area (Å²) in [5, 5.41) is 10.3. The highest BCUT2D eigenvalue weighted by atomic mass is 35.5. The van der Waals surface area contributed by atoms with Crippen LogP contribution < -0.4 is 0 Å². The van der Waals surface area contributed by atoms with Crippen LogP contribution in [0, 0.1) is 0 Å². The number of halogens is 1. The molecule has 1 aromatic rings. The van der Waals surface area contributed by atoms with Gasteiger partial charge in [-0.3, -0.25) is 4.79 Å². The van der Waals surface area contributed by atoms with Crippen LogP contribution in [0.2, 0.25) is 5.02 Å². The molecule has 0 heterocycles. The van der Waals surface area contributed by atoms with E-state index in [0.717, 1.165) is 5.56 Å². The van der Waals surface area contributed by atoms with Crippen LogP contribution in [0.5, 0.6) is 0 Å². The number of hydrogen-bond acceptors (Lipinski definition) is 3. The lowest BCUT2D eigenvalue weighted by Crippen LogP contribution is -2.17. The second-order valence-corrected chi connectivity index (χ2v) is 3.93. The normalized spacial score (nSPS) is 12.2. The van der Waals surface area contributed by atoms with Gasteiger partial charge in [-0.25, -0.2) is 0 Å². The Morgan fingerprint density at radius 1 is 1.44 bits per heavy atom. The summed E-state index contributed by atoms with van der Waals surface area (Å²) < 4.78 is 4.75. The Morgan fingerprint density at radius 2 is 2.06 bits per heavy atom. The number of carbonyl (C=O) groups is 1. The molecule has 0 saturated heterocycles. The van der Waals surface area contributed by atoms with Gasteiger partial charge in [0.1, 0.15) is 0 Å². The third-order valence-electron chi connectivity index (χ3n) is 2.09. The maximum atomic E-state index is 11.1. The lowest BCUT2D eigenvalue weighted by molar-refractivity contribution is -0.145. The summed E-state index contributed by atoms with van der Waals surface area (Å²) in [5.74, 6) is -0.371. The fourth-order valence-electron chi connectivity index (χ4n) is 1.38. The molecule has 4 heteroatoms. The van der Waals surface area contributed by atoms with Crippen LogP contribution in [0.4, 0.5) is 0 Å². The zero-order chi connectivity index (χ0) is 12.0. The molecule has 0 amide bonds. The summed E-state index contributed by atoms with van der Waals surface area (Å²) in [6.45, 7) is 2.08. The van der Waals surface area contributed by atoms with Crippen molar-refractivity contribution in [2.24, 2.45) is 0 Å². The minimum Gasteiger partial charge on any atom is -0.466 e. The quantitative estimate of drug-likeness (QED) is 0.806. The maximum absolute atomic E-state index is 11.1. The molecule has 0 aliphatic heterocycles. The molecule has 1 atom stereocenters. The first-order chi connectivity index (χ1) is 7.61. The molecule has 1 N–H and O–H groups in total. The Labute approximate surface area is 100.0 Å². The van der Waals surface area contributed by atoms with E-state index in [0.29, 0.717) is 18.1 Å². The van der Waals surface area contributed by atoms with E-state index in [2.05, 4.69) is 0 Å². The predicted molar refractivity (Wildman–Crippen MR) is 62.4 cm³/mol. The standard InChI is InChI=1S/C12H15ClO3/c1-2-16-12(15)8-11(14)7-9-3-5-10(13)6-4-9/h3-6,11,14H,2,7-8H2,1H3. The highest BCUT2D eigenvalue weighted by Gasteiger charge is 2.12. The molecular formula is C12H15ClO3. The van der Waals surface area contributed by atoms with E-state index < -0.39 is 6.10 Å². The molecule has 0 aliphatic rings. The molecule has 1 rings (SSSR count). The average molecular weight is 243 g/mol. The van der Waals surface area contributed by atoms with Crippen molar-refractivity contribution in [3.05, 3.63) is 34.9 Å². The zero-order valence-corrected chi connectivity index (χ0v) is 9.91. The van der Waals surface area contributed by atoms with E-state index >= 15 is 0 Å². The van der Waals surface area contributed by atoms with Gasteiger partial charge >= 0.3 is 5.97 Å². The SMILES string of the molecule is CCOC(=O)CC(O)Cc1ccc(Cl)cc1. The number of benzene rings is 1. The van der Waals surface area contributed by atoms with E-state index in [1.54, 1.807) is 19.1 Å². The lowest BCUT2D eigenvalue weighted by Gasteiger charge is -2.09. The molecule has 16 heavy (non-hydrogen) atoms. The Kier molecular flexibility index (Phi) is 5.29. The van der Waals surface area contributed by atoms with E-state index in [4.69, 9.17) is 16.3 Å². The van der Waals surface area contributed by atoms with Crippen molar-refractivity contribution < 1.29 is 14.6 Å². The third-order valence-corrected chi connectivity index (χ3v) is 2.34. The van der Waals surface area contributed by atoms with Crippen molar-refractivity contribution in [1.82, 2.24) is 0 Å². The van der Waals surface area contributed by atoms with Crippen LogP contribution in [0.25, 0.3) is 0 Å². The molecule has 0 bridgehead atoms. The van der Waals surface area contributed by atoms with Gasteiger partial charge in [0.2, 0.25) is 0 Å². The first kappa shape index (κ1) is 13.0. The topological polar surface area (TPSA) is 46.5 Å². The molecule has 0 aliphatic carbocycles. The summed E-state index contributed by atoms with van der Waals surface area (Å²) >= 11 is 5.74. The van der Waals surface area contributed by atoms with Crippen LogP contribution >= 0.6 is 11.6 Å². The molecule has 0 saturated carbocycles. The Bertz CT molecular complexity index is 335. The predicted octanol–water partition coefficient (Wildman–Crippen LogP) is 2.20. The van der Waals surface area contributed by atoms with Gasteiger partial charge in [-0.15, -0.1) is 0 Å². The highest BCUT2D eigenvalue weighted by molar-refractivity contribution is 6.30. The largest absolute Gasteiger partial charge is 0.466 e. The summed E-state index contributed by atoms with van der Waals surface area (Å²) in [4.78, 5) is 11.1. The van der Waals surface area contributed by atoms with Gasteiger partial charge < -0.3 is 9.84 Å². The van der Waals surface area contributed by atoms with Gasteiger partial charge in [-0.1, -0.05) is 23.7 Å². The minimum absolute atomic E-state index is 0.0243. The van der Waals surface area contributed by atoms with Gasteiger partial charge in [0, 0.05) is 5.02 Å². The Hall–Kier alpha value is -1.06. The molecule has 0 fully saturated rings. The zero-order valence-electron chi connectivity index (χ0n) is 9.15. The van der Waals surface area contributed by atoms with Crippen LogP contribution in [-0.2, 0) is 16.0 Å². The number of ether oxygens (including phenoxy) is 1. The minimum atomic E-state index is -0.708. The van der Waals surface area contributed by atoms with Gasteiger partial charge in [-0.05, 0) is 31.0 Å². The van der Waals surface area contributed by atoms with E-state index in [-0.39, 0.29) is 12.4 Å². The molecular weight excluding hydrogens is 228 g/mol. The van der Waals surface area contributed by atoms with E-state index in [1.807, 2.05) is 12.1 Å². The van der Waals surface area contributed by atoms with Crippen molar-refractivity contribution in [3.8, 4) is 0 Å². The van der Waals surface area contributed by atoms with Crippen LogP contribution in [0.15, 0.2) is 24.3 Å². The lowest BCUT2D eigenvalue weighted by atomic mass is 10.1. The van der Waals surface area contributed by atoms with E-state index in [1.165, 1.54) is 0 Å². The van der Waals surface area contributed by atoms with Gasteiger partial charge in [0.15, 0.2) is 0 Å². The second-order valence-electron chi connectivity index (χ2n) is 3.49. The summed E-state index contributed by atoms with van der Waals surface area (Å²) in [6, 6.07) is 7.18. The fraction of sp³-hybridized carbons (Fsp3) is 0.417. The smallest absolute Gasteiger partial charge is 0.308 e. The Morgan fingerprint density at radius 3 is 2.62 bits per heavy atom. The van der Waals surface area contributed by atoms with Gasteiger partial charge in [0.25, 0.3) is 0 Å². The first-order valence-corrected chi connectivity index (χ1v) is 5.57. The van der Waals surface area contributed by atoms with Gasteiger partial charge in [0.05, 0.1) is 19.1 Å². The monoisotopic (exact) mass is 242 g/mol. The molecule has 0 radical (unpaired) electrons. The van der Waals surface area contributed by atoms with Crippen molar-refractivity contribution in [2.45, 2.75) is 25.9 Å².